The lowest BCUT2D eigenvalue weighted by molar-refractivity contribution is 0.102. The van der Waals surface area contributed by atoms with Crippen LogP contribution in [0.25, 0.3) is 16.9 Å². The molecule has 0 atom stereocenters. The summed E-state index contributed by atoms with van der Waals surface area (Å²) in [5, 5.41) is 16.5. The fourth-order valence-corrected chi connectivity index (χ4v) is 3.95. The second-order valence-electron chi connectivity index (χ2n) is 8.01. The number of aromatic nitrogens is 6. The summed E-state index contributed by atoms with van der Waals surface area (Å²) in [4.78, 5) is 13.5. The van der Waals surface area contributed by atoms with Crippen LogP contribution in [0.15, 0.2) is 85.5 Å². The van der Waals surface area contributed by atoms with Crippen molar-refractivity contribution in [2.75, 3.05) is 5.32 Å². The fourth-order valence-electron chi connectivity index (χ4n) is 3.95. The average molecular weight is 452 g/mol. The number of anilines is 1. The molecular formula is C26H25N7O. The van der Waals surface area contributed by atoms with Crippen LogP contribution in [-0.4, -0.2) is 35.2 Å². The van der Waals surface area contributed by atoms with Crippen LogP contribution in [0.2, 0.25) is 0 Å². The van der Waals surface area contributed by atoms with E-state index in [4.69, 9.17) is 5.10 Å². The van der Waals surface area contributed by atoms with E-state index in [1.165, 1.54) is 0 Å². The number of aryl methyl sites for hydroxylation is 1. The van der Waals surface area contributed by atoms with Crippen molar-refractivity contribution in [3.05, 3.63) is 102 Å². The molecule has 0 saturated heterocycles. The summed E-state index contributed by atoms with van der Waals surface area (Å²) in [7, 11) is 0. The smallest absolute Gasteiger partial charge is 0.259 e. The lowest BCUT2D eigenvalue weighted by atomic mass is 10.1. The van der Waals surface area contributed by atoms with Gasteiger partial charge in [-0.1, -0.05) is 48.5 Å². The van der Waals surface area contributed by atoms with Gasteiger partial charge in [-0.2, -0.15) is 15.3 Å². The zero-order valence-electron chi connectivity index (χ0n) is 19.1. The van der Waals surface area contributed by atoms with Gasteiger partial charge in [0, 0.05) is 30.1 Å². The number of para-hydroxylation sites is 1. The summed E-state index contributed by atoms with van der Waals surface area (Å²) in [6, 6.07) is 19.6. The lowest BCUT2D eigenvalue weighted by Gasteiger charge is -2.06. The lowest BCUT2D eigenvalue weighted by Crippen LogP contribution is -2.13. The van der Waals surface area contributed by atoms with Crippen LogP contribution >= 0.6 is 0 Å². The monoisotopic (exact) mass is 451 g/mol. The minimum Gasteiger partial charge on any atom is -0.319 e. The second-order valence-corrected chi connectivity index (χ2v) is 8.01. The van der Waals surface area contributed by atoms with Crippen LogP contribution in [0.5, 0.6) is 0 Å². The number of benzene rings is 2. The number of carbonyl (C=O) groups excluding carboxylic acids is 1. The SMILES string of the molecule is CCn1cc(Cn2cc(NC(=O)c3c(-c4ccccc4)nn(-c4ccccc4)c3C)cn2)cn1. The molecule has 5 rings (SSSR count). The predicted octanol–water partition coefficient (Wildman–Crippen LogP) is 4.56. The van der Waals surface area contributed by atoms with Crippen LogP contribution < -0.4 is 5.32 Å². The van der Waals surface area contributed by atoms with Gasteiger partial charge in [0.15, 0.2) is 0 Å². The molecule has 0 aliphatic rings. The van der Waals surface area contributed by atoms with Gasteiger partial charge in [0.1, 0.15) is 5.69 Å². The zero-order chi connectivity index (χ0) is 23.5. The molecule has 1 amide bonds. The molecule has 0 aliphatic carbocycles. The minimum absolute atomic E-state index is 0.225. The molecule has 8 heteroatoms. The van der Waals surface area contributed by atoms with Crippen LogP contribution in [0.4, 0.5) is 5.69 Å². The topological polar surface area (TPSA) is 82.6 Å². The average Bonchev–Trinajstić information content (AvgIpc) is 3.59. The Morgan fingerprint density at radius 2 is 1.62 bits per heavy atom. The van der Waals surface area contributed by atoms with Crippen LogP contribution in [0.3, 0.4) is 0 Å². The second kappa shape index (κ2) is 9.19. The van der Waals surface area contributed by atoms with Gasteiger partial charge in [0.2, 0.25) is 0 Å². The molecule has 2 aromatic carbocycles. The number of amides is 1. The first-order chi connectivity index (χ1) is 16.6. The molecule has 0 fully saturated rings. The normalized spacial score (nSPS) is 11.0. The van der Waals surface area contributed by atoms with Gasteiger partial charge in [0.05, 0.1) is 41.6 Å². The summed E-state index contributed by atoms with van der Waals surface area (Å²) in [6.45, 7) is 5.36. The first kappa shape index (κ1) is 21.4. The molecule has 1 N–H and O–H groups in total. The first-order valence-electron chi connectivity index (χ1n) is 11.2. The Bertz CT molecular complexity index is 1410. The predicted molar refractivity (Wildman–Crippen MR) is 131 cm³/mol. The Balaban J connectivity index is 1.44. The van der Waals surface area contributed by atoms with Gasteiger partial charge in [-0.15, -0.1) is 0 Å². The third-order valence-electron chi connectivity index (χ3n) is 5.64. The van der Waals surface area contributed by atoms with Gasteiger partial charge >= 0.3 is 0 Å². The summed E-state index contributed by atoms with van der Waals surface area (Å²) in [5.74, 6) is -0.225. The quantitative estimate of drug-likeness (QED) is 0.393. The molecular weight excluding hydrogens is 426 g/mol. The van der Waals surface area contributed by atoms with E-state index in [9.17, 15) is 4.79 Å². The highest BCUT2D eigenvalue weighted by Gasteiger charge is 2.23. The Kier molecular flexibility index (Phi) is 5.78. The molecule has 0 aliphatic heterocycles. The van der Waals surface area contributed by atoms with Crippen molar-refractivity contribution in [1.82, 2.24) is 29.3 Å². The molecule has 170 valence electrons. The van der Waals surface area contributed by atoms with Crippen molar-refractivity contribution in [3.8, 4) is 16.9 Å². The molecule has 34 heavy (non-hydrogen) atoms. The summed E-state index contributed by atoms with van der Waals surface area (Å²) in [6.07, 6.45) is 7.30. The highest BCUT2D eigenvalue weighted by Crippen LogP contribution is 2.28. The van der Waals surface area contributed by atoms with E-state index >= 15 is 0 Å². The number of rotatable bonds is 7. The van der Waals surface area contributed by atoms with Crippen LogP contribution in [-0.2, 0) is 13.1 Å². The van der Waals surface area contributed by atoms with E-state index in [1.807, 2.05) is 102 Å². The molecule has 0 bridgehead atoms. The maximum absolute atomic E-state index is 13.5. The van der Waals surface area contributed by atoms with E-state index in [1.54, 1.807) is 10.9 Å². The van der Waals surface area contributed by atoms with Crippen molar-refractivity contribution in [1.29, 1.82) is 0 Å². The van der Waals surface area contributed by atoms with Crippen molar-refractivity contribution in [2.24, 2.45) is 0 Å². The Labute approximate surface area is 197 Å². The van der Waals surface area contributed by atoms with Gasteiger partial charge in [0.25, 0.3) is 5.91 Å². The third-order valence-corrected chi connectivity index (χ3v) is 5.64. The molecule has 3 aromatic heterocycles. The van der Waals surface area contributed by atoms with E-state index in [-0.39, 0.29) is 5.91 Å². The third kappa shape index (κ3) is 4.25. The number of nitrogens with one attached hydrogen (secondary N) is 1. The highest BCUT2D eigenvalue weighted by atomic mass is 16.1. The van der Waals surface area contributed by atoms with E-state index in [0.717, 1.165) is 29.1 Å². The molecule has 5 aromatic rings. The van der Waals surface area contributed by atoms with E-state index in [0.29, 0.717) is 23.5 Å². The molecule has 0 radical (unpaired) electrons. The standard InChI is InChI=1S/C26H25N7O/c1-3-31-16-20(14-27-31)17-32-18-22(15-28-32)29-26(34)24-19(2)33(23-12-8-5-9-13-23)30-25(24)21-10-6-4-7-11-21/h4-16,18H,3,17H2,1-2H3,(H,29,34). The van der Waals surface area contributed by atoms with Gasteiger partial charge in [-0.3, -0.25) is 14.2 Å². The van der Waals surface area contributed by atoms with Crippen molar-refractivity contribution in [2.45, 2.75) is 26.9 Å². The van der Waals surface area contributed by atoms with Crippen molar-refractivity contribution < 1.29 is 4.79 Å². The molecule has 3 heterocycles. The highest BCUT2D eigenvalue weighted by molar-refractivity contribution is 6.09. The summed E-state index contributed by atoms with van der Waals surface area (Å²) in [5.41, 5.74) is 5.39. The maximum Gasteiger partial charge on any atom is 0.259 e. The first-order valence-corrected chi connectivity index (χ1v) is 11.2. The molecule has 0 saturated carbocycles. The summed E-state index contributed by atoms with van der Waals surface area (Å²) >= 11 is 0. The van der Waals surface area contributed by atoms with Crippen LogP contribution in [0.1, 0.15) is 28.5 Å². The van der Waals surface area contributed by atoms with E-state index in [2.05, 4.69) is 15.5 Å². The summed E-state index contributed by atoms with van der Waals surface area (Å²) < 4.78 is 5.47. The van der Waals surface area contributed by atoms with Gasteiger partial charge in [-0.05, 0) is 26.0 Å². The Morgan fingerprint density at radius 3 is 2.32 bits per heavy atom. The van der Waals surface area contributed by atoms with Gasteiger partial charge < -0.3 is 5.32 Å². The number of nitrogens with zero attached hydrogens (tertiary/aromatic N) is 6. The van der Waals surface area contributed by atoms with Gasteiger partial charge in [-0.25, -0.2) is 4.68 Å². The number of hydrogen-bond acceptors (Lipinski definition) is 4. The maximum atomic E-state index is 13.5. The van der Waals surface area contributed by atoms with E-state index < -0.39 is 0 Å². The molecule has 8 nitrogen and oxygen atoms in total. The Morgan fingerprint density at radius 1 is 0.912 bits per heavy atom. The fraction of sp³-hybridized carbons (Fsp3) is 0.154. The number of carbonyl (C=O) groups is 1. The Hall–Kier alpha value is -4.46. The van der Waals surface area contributed by atoms with Crippen molar-refractivity contribution in [3.63, 3.8) is 0 Å². The minimum atomic E-state index is -0.225. The van der Waals surface area contributed by atoms with Crippen molar-refractivity contribution >= 4 is 11.6 Å². The zero-order valence-corrected chi connectivity index (χ0v) is 19.1. The molecule has 0 unspecified atom stereocenters. The number of hydrogen-bond donors (Lipinski definition) is 1. The largest absolute Gasteiger partial charge is 0.319 e. The van der Waals surface area contributed by atoms with Crippen LogP contribution in [0, 0.1) is 6.92 Å². The molecule has 0 spiro atoms.